The molecule has 0 fully saturated rings. The van der Waals surface area contributed by atoms with Crippen LogP contribution in [0.5, 0.6) is 5.75 Å². The minimum atomic E-state index is -0.452. The molecule has 0 radical (unpaired) electrons. The van der Waals surface area contributed by atoms with Crippen LogP contribution in [0, 0.1) is 6.92 Å². The van der Waals surface area contributed by atoms with E-state index in [-0.39, 0.29) is 12.5 Å². The first-order chi connectivity index (χ1) is 12.6. The van der Waals surface area contributed by atoms with E-state index in [0.717, 1.165) is 20.8 Å². The number of hydrazine groups is 1. The van der Waals surface area contributed by atoms with E-state index in [9.17, 15) is 9.59 Å². The fourth-order valence-corrected chi connectivity index (χ4v) is 3.13. The zero-order valence-electron chi connectivity index (χ0n) is 14.1. The molecule has 6 heteroatoms. The summed E-state index contributed by atoms with van der Waals surface area (Å²) in [6, 6.07) is 18.7. The van der Waals surface area contributed by atoms with Crippen molar-refractivity contribution < 1.29 is 14.3 Å². The number of hydrogen-bond donors (Lipinski definition) is 2. The fraction of sp³-hybridized carbons (Fsp3) is 0.100. The molecule has 0 saturated heterocycles. The number of nitrogens with one attached hydrogen (secondary N) is 2. The first-order valence-corrected chi connectivity index (χ1v) is 8.80. The summed E-state index contributed by atoms with van der Waals surface area (Å²) in [5, 5.41) is 2.07. The second kappa shape index (κ2) is 8.01. The van der Waals surface area contributed by atoms with Crippen molar-refractivity contribution in [1.29, 1.82) is 0 Å². The van der Waals surface area contributed by atoms with Crippen molar-refractivity contribution in [3.8, 4) is 5.75 Å². The van der Waals surface area contributed by atoms with Crippen molar-refractivity contribution in [2.75, 3.05) is 6.61 Å². The zero-order valence-corrected chi connectivity index (χ0v) is 15.7. The largest absolute Gasteiger partial charge is 0.483 e. The summed E-state index contributed by atoms with van der Waals surface area (Å²) in [4.78, 5) is 24.0. The monoisotopic (exact) mass is 412 g/mol. The fourth-order valence-electron chi connectivity index (χ4n) is 2.53. The molecule has 0 aliphatic carbocycles. The Kier molecular flexibility index (Phi) is 5.53. The highest BCUT2D eigenvalue weighted by Gasteiger charge is 2.11. The lowest BCUT2D eigenvalue weighted by Gasteiger charge is -2.12. The Balaban J connectivity index is 1.57. The minimum absolute atomic E-state index is 0.217. The standard InChI is InChI=1S/C20H17BrN2O3/c1-13-6-2-4-8-15(13)20(25)23-22-18(24)12-26-17-11-10-14-7-3-5-9-16(14)19(17)21/h2-11H,12H2,1H3,(H,22,24)(H,23,25). The van der Waals surface area contributed by atoms with Crippen LogP contribution in [0.2, 0.25) is 0 Å². The number of carbonyl (C=O) groups is 2. The molecule has 132 valence electrons. The molecule has 2 N–H and O–H groups in total. The second-order valence-corrected chi connectivity index (χ2v) is 6.50. The van der Waals surface area contributed by atoms with E-state index >= 15 is 0 Å². The van der Waals surface area contributed by atoms with Crippen LogP contribution in [0.15, 0.2) is 65.1 Å². The summed E-state index contributed by atoms with van der Waals surface area (Å²) in [5.41, 5.74) is 6.08. The Morgan fingerprint density at radius 1 is 0.962 bits per heavy atom. The van der Waals surface area contributed by atoms with Crippen molar-refractivity contribution >= 4 is 38.5 Å². The van der Waals surface area contributed by atoms with E-state index in [4.69, 9.17) is 4.74 Å². The molecule has 0 aliphatic rings. The van der Waals surface area contributed by atoms with E-state index in [1.807, 2.05) is 49.4 Å². The zero-order chi connectivity index (χ0) is 18.5. The highest BCUT2D eigenvalue weighted by Crippen LogP contribution is 2.32. The van der Waals surface area contributed by atoms with Gasteiger partial charge in [0.05, 0.1) is 4.47 Å². The smallest absolute Gasteiger partial charge is 0.276 e. The Hall–Kier alpha value is -2.86. The van der Waals surface area contributed by atoms with E-state index in [1.165, 1.54) is 0 Å². The maximum atomic E-state index is 12.1. The van der Waals surface area contributed by atoms with Gasteiger partial charge in [-0.05, 0) is 51.3 Å². The van der Waals surface area contributed by atoms with Gasteiger partial charge in [0.2, 0.25) is 0 Å². The molecule has 0 aromatic heterocycles. The molecule has 0 saturated carbocycles. The second-order valence-electron chi connectivity index (χ2n) is 5.70. The van der Waals surface area contributed by atoms with Crippen LogP contribution in [0.4, 0.5) is 0 Å². The summed E-state index contributed by atoms with van der Waals surface area (Å²) in [7, 11) is 0. The summed E-state index contributed by atoms with van der Waals surface area (Å²) >= 11 is 3.51. The predicted molar refractivity (Wildman–Crippen MR) is 104 cm³/mol. The van der Waals surface area contributed by atoms with E-state index in [2.05, 4.69) is 26.8 Å². The maximum Gasteiger partial charge on any atom is 0.276 e. The van der Waals surface area contributed by atoms with Crippen LogP contribution in [0.3, 0.4) is 0 Å². The summed E-state index contributed by atoms with van der Waals surface area (Å²) in [6.07, 6.45) is 0. The Bertz CT molecular complexity index is 972. The number of hydrogen-bond acceptors (Lipinski definition) is 3. The molecular formula is C20H17BrN2O3. The molecule has 26 heavy (non-hydrogen) atoms. The van der Waals surface area contributed by atoms with Crippen LogP contribution < -0.4 is 15.6 Å². The van der Waals surface area contributed by atoms with Gasteiger partial charge in [0, 0.05) is 5.56 Å². The highest BCUT2D eigenvalue weighted by atomic mass is 79.9. The molecule has 0 aliphatic heterocycles. The molecule has 2 amide bonds. The lowest BCUT2D eigenvalue weighted by molar-refractivity contribution is -0.123. The average molecular weight is 413 g/mol. The molecule has 0 spiro atoms. The average Bonchev–Trinajstić information content (AvgIpc) is 2.66. The normalized spacial score (nSPS) is 10.4. The van der Waals surface area contributed by atoms with Crippen LogP contribution in [0.1, 0.15) is 15.9 Å². The number of benzene rings is 3. The molecule has 0 bridgehead atoms. The van der Waals surface area contributed by atoms with Crippen LogP contribution in [-0.4, -0.2) is 18.4 Å². The number of fused-ring (bicyclic) bond motifs is 1. The van der Waals surface area contributed by atoms with Crippen LogP contribution >= 0.6 is 15.9 Å². The quantitative estimate of drug-likeness (QED) is 0.641. The van der Waals surface area contributed by atoms with Crippen molar-refractivity contribution in [3.63, 3.8) is 0 Å². The van der Waals surface area contributed by atoms with Gasteiger partial charge < -0.3 is 4.74 Å². The number of aryl methyl sites for hydroxylation is 1. The summed E-state index contributed by atoms with van der Waals surface area (Å²) in [5.74, 6) is -0.264. The van der Waals surface area contributed by atoms with E-state index < -0.39 is 5.91 Å². The first-order valence-electron chi connectivity index (χ1n) is 8.01. The van der Waals surface area contributed by atoms with Gasteiger partial charge in [0.15, 0.2) is 6.61 Å². The van der Waals surface area contributed by atoms with Crippen LogP contribution in [-0.2, 0) is 4.79 Å². The maximum absolute atomic E-state index is 12.1. The van der Waals surface area contributed by atoms with Crippen molar-refractivity contribution in [3.05, 3.63) is 76.3 Å². The van der Waals surface area contributed by atoms with Gasteiger partial charge in [-0.1, -0.05) is 48.5 Å². The van der Waals surface area contributed by atoms with Gasteiger partial charge in [0.25, 0.3) is 11.8 Å². The molecule has 0 heterocycles. The molecule has 0 atom stereocenters. The van der Waals surface area contributed by atoms with E-state index in [0.29, 0.717) is 11.3 Å². The molecule has 3 rings (SSSR count). The van der Waals surface area contributed by atoms with Gasteiger partial charge in [0.1, 0.15) is 5.75 Å². The molecule has 5 nitrogen and oxygen atoms in total. The lowest BCUT2D eigenvalue weighted by Crippen LogP contribution is -2.44. The summed E-state index contributed by atoms with van der Waals surface area (Å²) < 4.78 is 6.34. The molecule has 3 aromatic rings. The Morgan fingerprint density at radius 3 is 2.50 bits per heavy atom. The lowest BCUT2D eigenvalue weighted by atomic mass is 10.1. The Labute approximate surface area is 159 Å². The summed E-state index contributed by atoms with van der Waals surface area (Å²) in [6.45, 7) is 1.61. The predicted octanol–water partition coefficient (Wildman–Crippen LogP) is 3.75. The Morgan fingerprint density at radius 2 is 1.69 bits per heavy atom. The van der Waals surface area contributed by atoms with Crippen molar-refractivity contribution in [2.24, 2.45) is 0 Å². The molecule has 3 aromatic carbocycles. The van der Waals surface area contributed by atoms with Crippen molar-refractivity contribution in [2.45, 2.75) is 6.92 Å². The van der Waals surface area contributed by atoms with Gasteiger partial charge in [-0.15, -0.1) is 0 Å². The number of rotatable bonds is 4. The topological polar surface area (TPSA) is 67.4 Å². The third-order valence-corrected chi connectivity index (χ3v) is 4.71. The van der Waals surface area contributed by atoms with Gasteiger partial charge in [-0.2, -0.15) is 0 Å². The number of carbonyl (C=O) groups excluding carboxylic acids is 2. The van der Waals surface area contributed by atoms with Gasteiger partial charge in [-0.3, -0.25) is 20.4 Å². The number of amides is 2. The minimum Gasteiger partial charge on any atom is -0.483 e. The highest BCUT2D eigenvalue weighted by molar-refractivity contribution is 9.10. The van der Waals surface area contributed by atoms with Crippen molar-refractivity contribution in [1.82, 2.24) is 10.9 Å². The van der Waals surface area contributed by atoms with Crippen LogP contribution in [0.25, 0.3) is 10.8 Å². The number of halogens is 1. The third-order valence-electron chi connectivity index (χ3n) is 3.89. The SMILES string of the molecule is Cc1ccccc1C(=O)NNC(=O)COc1ccc2ccccc2c1Br. The first kappa shape index (κ1) is 17.9. The molecular weight excluding hydrogens is 396 g/mol. The van der Waals surface area contributed by atoms with Gasteiger partial charge in [-0.25, -0.2) is 0 Å². The molecule has 0 unspecified atom stereocenters. The van der Waals surface area contributed by atoms with Gasteiger partial charge >= 0.3 is 0 Å². The third kappa shape index (κ3) is 4.03. The number of ether oxygens (including phenoxy) is 1. The van der Waals surface area contributed by atoms with E-state index in [1.54, 1.807) is 18.2 Å².